The molecule has 2 unspecified atom stereocenters. The molecule has 1 aromatic carbocycles. The molecule has 1 N–H and O–H groups in total. The standard InChI is InChI=1S/C18H25NO2/c1-4-14-15-7-5-6-8-16(15)21-18(14)17-11-19-10-13(20-17)9-12(2)3/h5-8,12-13,17,19H,4,9-11H2,1-3H3. The second kappa shape index (κ2) is 6.20. The number of morpholine rings is 1. The van der Waals surface area contributed by atoms with E-state index in [2.05, 4.69) is 38.2 Å². The van der Waals surface area contributed by atoms with Crippen LogP contribution in [0.2, 0.25) is 0 Å². The number of aryl methyl sites for hydroxylation is 1. The molecule has 2 aromatic rings. The molecule has 0 spiro atoms. The van der Waals surface area contributed by atoms with Crippen LogP contribution in [0.5, 0.6) is 0 Å². The molecule has 3 heteroatoms. The third-order valence-electron chi connectivity index (χ3n) is 4.17. The summed E-state index contributed by atoms with van der Waals surface area (Å²) in [6, 6.07) is 8.28. The highest BCUT2D eigenvalue weighted by Gasteiger charge is 2.28. The molecular formula is C18H25NO2. The summed E-state index contributed by atoms with van der Waals surface area (Å²) in [7, 11) is 0. The monoisotopic (exact) mass is 287 g/mol. The van der Waals surface area contributed by atoms with Crippen molar-refractivity contribution in [3.05, 3.63) is 35.6 Å². The maximum absolute atomic E-state index is 6.30. The van der Waals surface area contributed by atoms with E-state index in [0.717, 1.165) is 37.3 Å². The van der Waals surface area contributed by atoms with Crippen LogP contribution in [0, 0.1) is 5.92 Å². The summed E-state index contributed by atoms with van der Waals surface area (Å²) in [5.74, 6) is 1.66. The van der Waals surface area contributed by atoms with Gasteiger partial charge in [0.05, 0.1) is 6.10 Å². The Bertz CT molecular complexity index is 602. The molecule has 1 fully saturated rings. The Labute approximate surface area is 126 Å². The first kappa shape index (κ1) is 14.6. The summed E-state index contributed by atoms with van der Waals surface area (Å²) in [5.41, 5.74) is 2.27. The van der Waals surface area contributed by atoms with E-state index in [9.17, 15) is 0 Å². The molecule has 0 bridgehead atoms. The first-order valence-electron chi connectivity index (χ1n) is 8.05. The van der Waals surface area contributed by atoms with E-state index in [1.807, 2.05) is 12.1 Å². The van der Waals surface area contributed by atoms with Gasteiger partial charge in [0.1, 0.15) is 17.4 Å². The van der Waals surface area contributed by atoms with Crippen LogP contribution in [-0.4, -0.2) is 19.2 Å². The van der Waals surface area contributed by atoms with E-state index >= 15 is 0 Å². The van der Waals surface area contributed by atoms with E-state index in [0.29, 0.717) is 5.92 Å². The summed E-state index contributed by atoms with van der Waals surface area (Å²) in [5, 5.41) is 4.73. The topological polar surface area (TPSA) is 34.4 Å². The number of hydrogen-bond donors (Lipinski definition) is 1. The highest BCUT2D eigenvalue weighted by atomic mass is 16.5. The lowest BCUT2D eigenvalue weighted by molar-refractivity contribution is -0.0563. The van der Waals surface area contributed by atoms with Crippen molar-refractivity contribution < 1.29 is 9.15 Å². The van der Waals surface area contributed by atoms with Gasteiger partial charge in [-0.1, -0.05) is 39.0 Å². The van der Waals surface area contributed by atoms with Crippen molar-refractivity contribution in [2.45, 2.75) is 45.8 Å². The molecule has 114 valence electrons. The molecule has 3 rings (SSSR count). The fraction of sp³-hybridized carbons (Fsp3) is 0.556. The van der Waals surface area contributed by atoms with E-state index in [-0.39, 0.29) is 12.2 Å². The summed E-state index contributed by atoms with van der Waals surface area (Å²) in [4.78, 5) is 0. The predicted octanol–water partition coefficient (Wildman–Crippen LogP) is 4.07. The van der Waals surface area contributed by atoms with Crippen molar-refractivity contribution in [3.63, 3.8) is 0 Å². The first-order chi connectivity index (χ1) is 10.2. The number of benzene rings is 1. The van der Waals surface area contributed by atoms with Crippen molar-refractivity contribution in [1.82, 2.24) is 5.32 Å². The van der Waals surface area contributed by atoms with Crippen molar-refractivity contribution in [2.75, 3.05) is 13.1 Å². The van der Waals surface area contributed by atoms with E-state index in [1.54, 1.807) is 0 Å². The van der Waals surface area contributed by atoms with Gasteiger partial charge in [0, 0.05) is 24.0 Å². The van der Waals surface area contributed by atoms with Gasteiger partial charge in [-0.2, -0.15) is 0 Å². The Morgan fingerprint density at radius 1 is 1.24 bits per heavy atom. The summed E-state index contributed by atoms with van der Waals surface area (Å²) in [6.45, 7) is 8.44. The Morgan fingerprint density at radius 2 is 2.05 bits per heavy atom. The van der Waals surface area contributed by atoms with Gasteiger partial charge in [-0.3, -0.25) is 0 Å². The highest BCUT2D eigenvalue weighted by Crippen LogP contribution is 2.34. The average Bonchev–Trinajstić information content (AvgIpc) is 2.85. The van der Waals surface area contributed by atoms with Crippen LogP contribution in [-0.2, 0) is 11.2 Å². The van der Waals surface area contributed by atoms with Crippen molar-refractivity contribution in [3.8, 4) is 0 Å². The predicted molar refractivity (Wildman–Crippen MR) is 85.5 cm³/mol. The second-order valence-corrected chi connectivity index (χ2v) is 6.33. The maximum atomic E-state index is 6.30. The number of fused-ring (bicyclic) bond motifs is 1. The zero-order valence-electron chi connectivity index (χ0n) is 13.2. The molecule has 0 aliphatic carbocycles. The van der Waals surface area contributed by atoms with Gasteiger partial charge in [-0.15, -0.1) is 0 Å². The number of rotatable bonds is 4. The van der Waals surface area contributed by atoms with Crippen LogP contribution in [0.25, 0.3) is 11.0 Å². The van der Waals surface area contributed by atoms with Gasteiger partial charge in [0.15, 0.2) is 0 Å². The third-order valence-corrected chi connectivity index (χ3v) is 4.17. The van der Waals surface area contributed by atoms with Gasteiger partial charge in [-0.05, 0) is 24.8 Å². The molecule has 0 amide bonds. The van der Waals surface area contributed by atoms with Gasteiger partial charge in [-0.25, -0.2) is 0 Å². The van der Waals surface area contributed by atoms with E-state index in [4.69, 9.17) is 9.15 Å². The minimum absolute atomic E-state index is 0.0323. The lowest BCUT2D eigenvalue weighted by atomic mass is 10.0. The molecule has 2 atom stereocenters. The zero-order valence-corrected chi connectivity index (χ0v) is 13.2. The molecule has 21 heavy (non-hydrogen) atoms. The highest BCUT2D eigenvalue weighted by molar-refractivity contribution is 5.82. The van der Waals surface area contributed by atoms with Crippen molar-refractivity contribution >= 4 is 11.0 Å². The molecule has 0 saturated carbocycles. The Balaban J connectivity index is 1.89. The van der Waals surface area contributed by atoms with Gasteiger partial charge >= 0.3 is 0 Å². The number of hydrogen-bond acceptors (Lipinski definition) is 3. The van der Waals surface area contributed by atoms with E-state index < -0.39 is 0 Å². The SMILES string of the molecule is CCc1c(C2CNCC(CC(C)C)O2)oc2ccccc12. The summed E-state index contributed by atoms with van der Waals surface area (Å²) in [6.07, 6.45) is 2.37. The molecule has 1 aliphatic rings. The molecule has 1 aromatic heterocycles. The quantitative estimate of drug-likeness (QED) is 0.920. The molecule has 3 nitrogen and oxygen atoms in total. The van der Waals surface area contributed by atoms with Crippen LogP contribution >= 0.6 is 0 Å². The van der Waals surface area contributed by atoms with Crippen LogP contribution in [0.3, 0.4) is 0 Å². The second-order valence-electron chi connectivity index (χ2n) is 6.33. The number of para-hydroxylation sites is 1. The lowest BCUT2D eigenvalue weighted by Gasteiger charge is -2.31. The number of nitrogens with one attached hydrogen (secondary N) is 1. The molecule has 1 saturated heterocycles. The van der Waals surface area contributed by atoms with Gasteiger partial charge in [0.2, 0.25) is 0 Å². The molecule has 0 radical (unpaired) electrons. The molecule has 1 aliphatic heterocycles. The molecular weight excluding hydrogens is 262 g/mol. The number of furan rings is 1. The zero-order chi connectivity index (χ0) is 14.8. The smallest absolute Gasteiger partial charge is 0.138 e. The lowest BCUT2D eigenvalue weighted by Crippen LogP contribution is -2.41. The Hall–Kier alpha value is -1.32. The summed E-state index contributed by atoms with van der Waals surface area (Å²) < 4.78 is 12.4. The van der Waals surface area contributed by atoms with Crippen LogP contribution < -0.4 is 5.32 Å². The first-order valence-corrected chi connectivity index (χ1v) is 8.05. The van der Waals surface area contributed by atoms with E-state index in [1.165, 1.54) is 10.9 Å². The van der Waals surface area contributed by atoms with Crippen LogP contribution in [0.4, 0.5) is 0 Å². The largest absolute Gasteiger partial charge is 0.458 e. The Kier molecular flexibility index (Phi) is 4.32. The Morgan fingerprint density at radius 3 is 2.81 bits per heavy atom. The van der Waals surface area contributed by atoms with Crippen molar-refractivity contribution in [1.29, 1.82) is 0 Å². The van der Waals surface area contributed by atoms with Crippen molar-refractivity contribution in [2.24, 2.45) is 5.92 Å². The third kappa shape index (κ3) is 2.99. The molecule has 2 heterocycles. The summed E-state index contributed by atoms with van der Waals surface area (Å²) >= 11 is 0. The van der Waals surface area contributed by atoms with Crippen LogP contribution in [0.1, 0.15) is 44.6 Å². The fourth-order valence-corrected chi connectivity index (χ4v) is 3.27. The minimum atomic E-state index is 0.0323. The normalized spacial score (nSPS) is 23.0. The minimum Gasteiger partial charge on any atom is -0.458 e. The van der Waals surface area contributed by atoms with Gasteiger partial charge < -0.3 is 14.5 Å². The van der Waals surface area contributed by atoms with Gasteiger partial charge in [0.25, 0.3) is 0 Å². The van der Waals surface area contributed by atoms with Crippen LogP contribution in [0.15, 0.2) is 28.7 Å². The average molecular weight is 287 g/mol. The fourth-order valence-electron chi connectivity index (χ4n) is 3.27. The maximum Gasteiger partial charge on any atom is 0.138 e. The number of ether oxygens (including phenoxy) is 1.